The molecule has 2 aromatic heterocycles. The molecule has 8 nitrogen and oxygen atoms in total. The fourth-order valence-electron chi connectivity index (χ4n) is 2.92. The third kappa shape index (κ3) is 3.98. The Bertz CT molecular complexity index is 1080. The number of hydrogen-bond acceptors (Lipinski definition) is 6. The molecule has 0 saturated heterocycles. The van der Waals surface area contributed by atoms with Gasteiger partial charge in [-0.15, -0.1) is 16.8 Å². The van der Waals surface area contributed by atoms with E-state index in [2.05, 4.69) is 26.7 Å². The molecule has 0 aliphatic carbocycles. The van der Waals surface area contributed by atoms with Crippen LogP contribution in [0.4, 0.5) is 0 Å². The van der Waals surface area contributed by atoms with E-state index in [9.17, 15) is 8.42 Å². The lowest BCUT2D eigenvalue weighted by atomic mass is 10.3. The molecule has 0 aliphatic heterocycles. The average molecular weight is 421 g/mol. The first-order valence-electron chi connectivity index (χ1n) is 9.03. The van der Waals surface area contributed by atoms with Crippen LogP contribution in [-0.4, -0.2) is 50.5 Å². The van der Waals surface area contributed by atoms with E-state index >= 15 is 0 Å². The Balaban J connectivity index is 1.83. The lowest BCUT2D eigenvalue weighted by Crippen LogP contribution is -2.30. The number of nitrogens with one attached hydrogen (secondary N) is 1. The zero-order valence-corrected chi connectivity index (χ0v) is 17.8. The number of imidazole rings is 1. The predicted octanol–water partition coefficient (Wildman–Crippen LogP) is 2.97. The number of fused-ring (bicyclic) bond motifs is 1. The highest BCUT2D eigenvalue weighted by molar-refractivity contribution is 7.98. The van der Waals surface area contributed by atoms with Crippen molar-refractivity contribution in [3.05, 3.63) is 42.5 Å². The van der Waals surface area contributed by atoms with Crippen LogP contribution in [0, 0.1) is 6.92 Å². The number of thioether (sulfide) groups is 1. The van der Waals surface area contributed by atoms with Crippen LogP contribution in [0.15, 0.2) is 40.9 Å². The van der Waals surface area contributed by atoms with E-state index in [0.29, 0.717) is 30.9 Å². The largest absolute Gasteiger partial charge is 0.341 e. The highest BCUT2D eigenvalue weighted by Crippen LogP contribution is 2.24. The molecule has 3 rings (SSSR count). The molecule has 0 saturated carbocycles. The zero-order valence-electron chi connectivity index (χ0n) is 16.2. The van der Waals surface area contributed by atoms with Gasteiger partial charge in [0.05, 0.1) is 21.7 Å². The second-order valence-electron chi connectivity index (χ2n) is 6.17. The van der Waals surface area contributed by atoms with Gasteiger partial charge in [-0.2, -0.15) is 4.31 Å². The number of aromatic amines is 1. The van der Waals surface area contributed by atoms with Gasteiger partial charge in [0.1, 0.15) is 11.6 Å². The summed E-state index contributed by atoms with van der Waals surface area (Å²) >= 11 is 1.52. The number of nitrogens with zero attached hydrogens (tertiary/aromatic N) is 5. The zero-order chi connectivity index (χ0) is 20.3. The van der Waals surface area contributed by atoms with Gasteiger partial charge >= 0.3 is 0 Å². The van der Waals surface area contributed by atoms with E-state index in [1.165, 1.54) is 16.1 Å². The molecule has 0 fully saturated rings. The molecule has 3 aromatic rings. The lowest BCUT2D eigenvalue weighted by Gasteiger charge is -2.18. The van der Waals surface area contributed by atoms with Gasteiger partial charge in [-0.3, -0.25) is 0 Å². The van der Waals surface area contributed by atoms with Crippen LogP contribution in [0.2, 0.25) is 0 Å². The second-order valence-corrected chi connectivity index (χ2v) is 9.05. The van der Waals surface area contributed by atoms with Gasteiger partial charge in [0.15, 0.2) is 5.16 Å². The second kappa shape index (κ2) is 8.46. The van der Waals surface area contributed by atoms with Gasteiger partial charge in [-0.05, 0) is 25.1 Å². The summed E-state index contributed by atoms with van der Waals surface area (Å²) in [7, 11) is -3.50. The number of benzene rings is 1. The molecule has 1 N–H and O–H groups in total. The SMILES string of the molecule is C=CCn1c(C)nnc1SCc1nc2ccc(S(=O)(=O)N(CC)CC)cc2[nH]1. The van der Waals surface area contributed by atoms with Gasteiger partial charge < -0.3 is 9.55 Å². The average Bonchev–Trinajstić information content (AvgIpc) is 3.24. The topological polar surface area (TPSA) is 96.8 Å². The van der Waals surface area contributed by atoms with Crippen molar-refractivity contribution in [1.29, 1.82) is 0 Å². The van der Waals surface area contributed by atoms with E-state index < -0.39 is 10.0 Å². The molecule has 0 aliphatic rings. The molecule has 0 radical (unpaired) electrons. The third-order valence-corrected chi connectivity index (χ3v) is 7.42. The van der Waals surface area contributed by atoms with Crippen LogP contribution >= 0.6 is 11.8 Å². The Hall–Kier alpha value is -2.17. The number of aryl methyl sites for hydroxylation is 1. The van der Waals surface area contributed by atoms with Gasteiger partial charge in [0, 0.05) is 19.6 Å². The van der Waals surface area contributed by atoms with E-state index in [1.807, 2.05) is 25.3 Å². The van der Waals surface area contributed by atoms with Crippen molar-refractivity contribution in [2.45, 2.75) is 43.1 Å². The summed E-state index contributed by atoms with van der Waals surface area (Å²) in [5.74, 6) is 2.16. The summed E-state index contributed by atoms with van der Waals surface area (Å²) in [5, 5.41) is 9.09. The summed E-state index contributed by atoms with van der Waals surface area (Å²) in [6.45, 7) is 10.8. The van der Waals surface area contributed by atoms with Crippen molar-refractivity contribution in [2.75, 3.05) is 13.1 Å². The van der Waals surface area contributed by atoms with Crippen LogP contribution in [-0.2, 0) is 22.3 Å². The minimum atomic E-state index is -3.50. The first-order chi connectivity index (χ1) is 13.4. The Morgan fingerprint density at radius 2 is 2.04 bits per heavy atom. The Kier molecular flexibility index (Phi) is 6.21. The van der Waals surface area contributed by atoms with Gasteiger partial charge in [0.2, 0.25) is 10.0 Å². The van der Waals surface area contributed by atoms with E-state index in [4.69, 9.17) is 0 Å². The number of rotatable bonds is 9. The van der Waals surface area contributed by atoms with Crippen LogP contribution in [0.5, 0.6) is 0 Å². The Morgan fingerprint density at radius 3 is 2.71 bits per heavy atom. The summed E-state index contributed by atoms with van der Waals surface area (Å²) < 4.78 is 28.9. The summed E-state index contributed by atoms with van der Waals surface area (Å²) in [6, 6.07) is 4.99. The third-order valence-electron chi connectivity index (χ3n) is 4.40. The van der Waals surface area contributed by atoms with Crippen LogP contribution in [0.1, 0.15) is 25.5 Å². The lowest BCUT2D eigenvalue weighted by molar-refractivity contribution is 0.445. The van der Waals surface area contributed by atoms with Crippen molar-refractivity contribution in [3.8, 4) is 0 Å². The highest BCUT2D eigenvalue weighted by Gasteiger charge is 2.22. The Labute approximate surface area is 169 Å². The summed E-state index contributed by atoms with van der Waals surface area (Å²) in [5.41, 5.74) is 1.44. The summed E-state index contributed by atoms with van der Waals surface area (Å²) in [4.78, 5) is 8.05. The maximum absolute atomic E-state index is 12.7. The van der Waals surface area contributed by atoms with Crippen molar-refractivity contribution in [3.63, 3.8) is 0 Å². The fraction of sp³-hybridized carbons (Fsp3) is 0.389. The van der Waals surface area contributed by atoms with E-state index in [0.717, 1.165) is 22.3 Å². The monoisotopic (exact) mass is 420 g/mol. The van der Waals surface area contributed by atoms with Crippen LogP contribution < -0.4 is 0 Å². The molecule has 0 amide bonds. The molecule has 150 valence electrons. The van der Waals surface area contributed by atoms with Crippen LogP contribution in [0.3, 0.4) is 0 Å². The van der Waals surface area contributed by atoms with Crippen LogP contribution in [0.25, 0.3) is 11.0 Å². The molecular weight excluding hydrogens is 396 g/mol. The molecule has 0 atom stereocenters. The maximum Gasteiger partial charge on any atom is 0.243 e. The van der Waals surface area contributed by atoms with Gasteiger partial charge in [-0.25, -0.2) is 13.4 Å². The van der Waals surface area contributed by atoms with Crippen molar-refractivity contribution < 1.29 is 8.42 Å². The fourth-order valence-corrected chi connectivity index (χ4v) is 5.27. The molecule has 0 spiro atoms. The molecule has 0 unspecified atom stereocenters. The number of allylic oxidation sites excluding steroid dienone is 1. The minimum absolute atomic E-state index is 0.271. The first kappa shape index (κ1) is 20.6. The van der Waals surface area contributed by atoms with Crippen molar-refractivity contribution >= 4 is 32.8 Å². The van der Waals surface area contributed by atoms with Crippen molar-refractivity contribution in [1.82, 2.24) is 29.0 Å². The minimum Gasteiger partial charge on any atom is -0.341 e. The molecule has 10 heteroatoms. The number of hydrogen-bond donors (Lipinski definition) is 1. The molecule has 0 bridgehead atoms. The first-order valence-corrected chi connectivity index (χ1v) is 11.5. The van der Waals surface area contributed by atoms with E-state index in [1.54, 1.807) is 24.3 Å². The smallest absolute Gasteiger partial charge is 0.243 e. The molecule has 28 heavy (non-hydrogen) atoms. The number of aromatic nitrogens is 5. The quantitative estimate of drug-likeness (QED) is 0.422. The van der Waals surface area contributed by atoms with E-state index in [-0.39, 0.29) is 4.90 Å². The van der Waals surface area contributed by atoms with Crippen molar-refractivity contribution in [2.24, 2.45) is 0 Å². The normalized spacial score (nSPS) is 12.1. The molecule has 1 aromatic carbocycles. The Morgan fingerprint density at radius 1 is 1.29 bits per heavy atom. The standard InChI is InChI=1S/C18H24N6O2S2/c1-5-10-24-13(4)21-22-18(24)27-12-17-19-15-9-8-14(11-16(15)20-17)28(25,26)23(6-2)7-3/h5,8-9,11H,1,6-7,10,12H2,2-4H3,(H,19,20). The maximum atomic E-state index is 12.7. The molecule has 2 heterocycles. The number of sulfonamides is 1. The molecular formula is C18H24N6O2S2. The van der Waals surface area contributed by atoms with Gasteiger partial charge in [0.25, 0.3) is 0 Å². The van der Waals surface area contributed by atoms with Gasteiger partial charge in [-0.1, -0.05) is 31.7 Å². The number of H-pyrrole nitrogens is 1. The summed E-state index contributed by atoms with van der Waals surface area (Å²) in [6.07, 6.45) is 1.81. The highest BCUT2D eigenvalue weighted by atomic mass is 32.2. The predicted molar refractivity (Wildman–Crippen MR) is 111 cm³/mol.